The van der Waals surface area contributed by atoms with E-state index in [-0.39, 0.29) is 5.41 Å². The Bertz CT molecular complexity index is 307. The van der Waals surface area contributed by atoms with Gasteiger partial charge in [0.05, 0.1) is 6.10 Å². The SMILES string of the molecule is C[C@H]1C[C@@]1(CN)[C@@H](O)c1ccccc1. The molecule has 0 aliphatic heterocycles. The second-order valence-corrected chi connectivity index (χ2v) is 4.36. The van der Waals surface area contributed by atoms with Crippen LogP contribution in [0.15, 0.2) is 30.3 Å². The molecule has 14 heavy (non-hydrogen) atoms. The van der Waals surface area contributed by atoms with Crippen molar-refractivity contribution in [2.45, 2.75) is 19.4 Å². The minimum atomic E-state index is -0.399. The highest BCUT2D eigenvalue weighted by Gasteiger charge is 2.55. The van der Waals surface area contributed by atoms with Crippen molar-refractivity contribution in [1.82, 2.24) is 0 Å². The Kier molecular flexibility index (Phi) is 2.33. The summed E-state index contributed by atoms with van der Waals surface area (Å²) in [7, 11) is 0. The van der Waals surface area contributed by atoms with E-state index in [4.69, 9.17) is 5.73 Å². The highest BCUT2D eigenvalue weighted by molar-refractivity contribution is 5.23. The van der Waals surface area contributed by atoms with E-state index in [0.717, 1.165) is 12.0 Å². The molecule has 3 atom stereocenters. The summed E-state index contributed by atoms with van der Waals surface area (Å²) < 4.78 is 0. The summed E-state index contributed by atoms with van der Waals surface area (Å²) in [6.45, 7) is 2.73. The Morgan fingerprint density at radius 1 is 1.50 bits per heavy atom. The number of rotatable bonds is 3. The second-order valence-electron chi connectivity index (χ2n) is 4.36. The van der Waals surface area contributed by atoms with Gasteiger partial charge in [0.2, 0.25) is 0 Å². The Hall–Kier alpha value is -0.860. The van der Waals surface area contributed by atoms with Crippen molar-refractivity contribution < 1.29 is 5.11 Å². The first-order valence-corrected chi connectivity index (χ1v) is 5.14. The molecule has 0 spiro atoms. The molecule has 3 N–H and O–H groups in total. The van der Waals surface area contributed by atoms with Crippen molar-refractivity contribution in [3.05, 3.63) is 35.9 Å². The van der Waals surface area contributed by atoms with Gasteiger partial charge in [0.15, 0.2) is 0 Å². The van der Waals surface area contributed by atoms with Gasteiger partial charge in [0.1, 0.15) is 0 Å². The van der Waals surface area contributed by atoms with Crippen LogP contribution in [0.25, 0.3) is 0 Å². The van der Waals surface area contributed by atoms with Gasteiger partial charge in [-0.15, -0.1) is 0 Å². The van der Waals surface area contributed by atoms with Crippen LogP contribution in [-0.4, -0.2) is 11.7 Å². The Morgan fingerprint density at radius 2 is 2.07 bits per heavy atom. The zero-order valence-corrected chi connectivity index (χ0v) is 8.48. The number of aliphatic hydroxyl groups is 1. The number of nitrogens with two attached hydrogens (primary N) is 1. The molecule has 76 valence electrons. The zero-order valence-electron chi connectivity index (χ0n) is 8.48. The summed E-state index contributed by atoms with van der Waals surface area (Å²) >= 11 is 0. The molecule has 2 rings (SSSR count). The molecule has 1 aromatic carbocycles. The Balaban J connectivity index is 2.21. The van der Waals surface area contributed by atoms with Crippen LogP contribution in [0, 0.1) is 11.3 Å². The van der Waals surface area contributed by atoms with E-state index in [1.165, 1.54) is 0 Å². The molecule has 0 amide bonds. The van der Waals surface area contributed by atoms with Crippen LogP contribution in [0.3, 0.4) is 0 Å². The second kappa shape index (κ2) is 3.37. The minimum Gasteiger partial charge on any atom is -0.388 e. The molecule has 1 aromatic rings. The first kappa shape index (κ1) is 9.69. The maximum absolute atomic E-state index is 10.2. The lowest BCUT2D eigenvalue weighted by Crippen LogP contribution is -2.25. The smallest absolute Gasteiger partial charge is 0.0860 e. The molecule has 1 aliphatic carbocycles. The van der Waals surface area contributed by atoms with Crippen LogP contribution in [0.4, 0.5) is 0 Å². The van der Waals surface area contributed by atoms with Gasteiger partial charge in [-0.25, -0.2) is 0 Å². The van der Waals surface area contributed by atoms with Gasteiger partial charge < -0.3 is 10.8 Å². The lowest BCUT2D eigenvalue weighted by atomic mass is 9.91. The topological polar surface area (TPSA) is 46.2 Å². The summed E-state index contributed by atoms with van der Waals surface area (Å²) in [6, 6.07) is 9.80. The van der Waals surface area contributed by atoms with E-state index < -0.39 is 6.10 Å². The fourth-order valence-corrected chi connectivity index (χ4v) is 2.26. The normalized spacial score (nSPS) is 32.6. The van der Waals surface area contributed by atoms with Crippen LogP contribution in [-0.2, 0) is 0 Å². The molecular weight excluding hydrogens is 174 g/mol. The van der Waals surface area contributed by atoms with Gasteiger partial charge in [-0.05, 0) is 17.9 Å². The van der Waals surface area contributed by atoms with Crippen molar-refractivity contribution in [2.24, 2.45) is 17.1 Å². The molecule has 1 fully saturated rings. The van der Waals surface area contributed by atoms with Crippen LogP contribution in [0.2, 0.25) is 0 Å². The predicted molar refractivity (Wildman–Crippen MR) is 56.7 cm³/mol. The van der Waals surface area contributed by atoms with Gasteiger partial charge in [0.25, 0.3) is 0 Å². The maximum Gasteiger partial charge on any atom is 0.0860 e. The summed E-state index contributed by atoms with van der Waals surface area (Å²) in [4.78, 5) is 0. The summed E-state index contributed by atoms with van der Waals surface area (Å²) in [5, 5.41) is 10.2. The third kappa shape index (κ3) is 1.35. The molecule has 0 saturated heterocycles. The van der Waals surface area contributed by atoms with Crippen LogP contribution in [0.5, 0.6) is 0 Å². The molecule has 2 heteroatoms. The van der Waals surface area contributed by atoms with Crippen molar-refractivity contribution in [3.63, 3.8) is 0 Å². The van der Waals surface area contributed by atoms with Crippen molar-refractivity contribution in [3.8, 4) is 0 Å². The third-order valence-electron chi connectivity index (χ3n) is 3.55. The molecule has 0 unspecified atom stereocenters. The largest absolute Gasteiger partial charge is 0.388 e. The number of hydrogen-bond donors (Lipinski definition) is 2. The van der Waals surface area contributed by atoms with Crippen molar-refractivity contribution in [2.75, 3.05) is 6.54 Å². The monoisotopic (exact) mass is 191 g/mol. The van der Waals surface area contributed by atoms with Crippen LogP contribution >= 0.6 is 0 Å². The lowest BCUT2D eigenvalue weighted by molar-refractivity contribution is 0.0889. The van der Waals surface area contributed by atoms with E-state index in [1.807, 2.05) is 30.3 Å². The van der Waals surface area contributed by atoms with Crippen LogP contribution < -0.4 is 5.73 Å². The highest BCUT2D eigenvalue weighted by Crippen LogP contribution is 2.59. The molecule has 0 heterocycles. The highest BCUT2D eigenvalue weighted by atomic mass is 16.3. The van der Waals surface area contributed by atoms with Crippen LogP contribution in [0.1, 0.15) is 25.0 Å². The summed E-state index contributed by atoms with van der Waals surface area (Å²) in [6.07, 6.45) is 0.642. The predicted octanol–water partition coefficient (Wildman–Crippen LogP) is 1.70. The average molecular weight is 191 g/mol. The standard InChI is InChI=1S/C12H17NO/c1-9-7-12(9,8-13)11(14)10-5-3-2-4-6-10/h2-6,9,11,14H,7-8,13H2,1H3/t9-,11-,12-/m0/s1. The maximum atomic E-state index is 10.2. The van der Waals surface area contributed by atoms with E-state index in [9.17, 15) is 5.11 Å². The average Bonchev–Trinajstić information content (AvgIpc) is 2.91. The van der Waals surface area contributed by atoms with E-state index in [1.54, 1.807) is 0 Å². The zero-order chi connectivity index (χ0) is 10.2. The van der Waals surface area contributed by atoms with Gasteiger partial charge >= 0.3 is 0 Å². The van der Waals surface area contributed by atoms with Gasteiger partial charge in [-0.1, -0.05) is 37.3 Å². The molecule has 1 saturated carbocycles. The Morgan fingerprint density at radius 3 is 2.50 bits per heavy atom. The quantitative estimate of drug-likeness (QED) is 0.764. The molecule has 1 aliphatic rings. The van der Waals surface area contributed by atoms with Gasteiger partial charge in [-0.3, -0.25) is 0 Å². The summed E-state index contributed by atoms with van der Waals surface area (Å²) in [5.74, 6) is 0.544. The number of benzene rings is 1. The molecular formula is C12H17NO. The molecule has 2 nitrogen and oxygen atoms in total. The first-order valence-electron chi connectivity index (χ1n) is 5.14. The van der Waals surface area contributed by atoms with E-state index >= 15 is 0 Å². The van der Waals surface area contributed by atoms with Crippen molar-refractivity contribution >= 4 is 0 Å². The number of aliphatic hydroxyl groups excluding tert-OH is 1. The van der Waals surface area contributed by atoms with E-state index in [2.05, 4.69) is 6.92 Å². The molecule has 0 bridgehead atoms. The number of hydrogen-bond acceptors (Lipinski definition) is 2. The fraction of sp³-hybridized carbons (Fsp3) is 0.500. The lowest BCUT2D eigenvalue weighted by Gasteiger charge is -2.22. The molecule has 0 radical (unpaired) electrons. The van der Waals surface area contributed by atoms with Gasteiger partial charge in [0, 0.05) is 12.0 Å². The summed E-state index contributed by atoms with van der Waals surface area (Å²) in [5.41, 5.74) is 6.67. The third-order valence-corrected chi connectivity index (χ3v) is 3.55. The molecule has 0 aromatic heterocycles. The Labute approximate surface area is 84.7 Å². The first-order chi connectivity index (χ1) is 6.70. The van der Waals surface area contributed by atoms with Crippen molar-refractivity contribution in [1.29, 1.82) is 0 Å². The van der Waals surface area contributed by atoms with E-state index in [0.29, 0.717) is 12.5 Å². The fourth-order valence-electron chi connectivity index (χ4n) is 2.26. The van der Waals surface area contributed by atoms with Gasteiger partial charge in [-0.2, -0.15) is 0 Å². The minimum absolute atomic E-state index is 0.0542.